The number of ketones is 1. The molecule has 3 unspecified atom stereocenters. The van der Waals surface area contributed by atoms with Crippen LogP contribution in [0.15, 0.2) is 0 Å². The Labute approximate surface area is 93.6 Å². The fourth-order valence-corrected chi connectivity index (χ4v) is 2.62. The Morgan fingerprint density at radius 2 is 2.20 bits per heavy atom. The second-order valence-corrected chi connectivity index (χ2v) is 5.19. The van der Waals surface area contributed by atoms with Crippen LogP contribution in [0, 0.1) is 11.8 Å². The molecule has 1 aliphatic rings. The smallest absolute Gasteiger partial charge is 0.136 e. The highest BCUT2D eigenvalue weighted by Gasteiger charge is 2.25. The second kappa shape index (κ2) is 6.26. The minimum absolute atomic E-state index is 0.271. The van der Waals surface area contributed by atoms with Crippen LogP contribution < -0.4 is 5.73 Å². The van der Waals surface area contributed by atoms with E-state index in [1.165, 1.54) is 12.8 Å². The van der Waals surface area contributed by atoms with Crippen LogP contribution in [0.4, 0.5) is 0 Å². The van der Waals surface area contributed by atoms with Crippen molar-refractivity contribution in [2.24, 2.45) is 17.6 Å². The zero-order valence-corrected chi connectivity index (χ0v) is 10.2. The van der Waals surface area contributed by atoms with E-state index in [2.05, 4.69) is 13.8 Å². The predicted molar refractivity (Wildman–Crippen MR) is 63.6 cm³/mol. The van der Waals surface area contributed by atoms with Crippen molar-refractivity contribution in [2.75, 3.05) is 0 Å². The lowest BCUT2D eigenvalue weighted by molar-refractivity contribution is -0.124. The number of hydrogen-bond acceptors (Lipinski definition) is 2. The van der Waals surface area contributed by atoms with Gasteiger partial charge in [-0.2, -0.15) is 0 Å². The minimum atomic E-state index is 0.271. The SMILES string of the molecule is CCCC(C)CC(=O)C1CCCC(N)C1. The van der Waals surface area contributed by atoms with Gasteiger partial charge >= 0.3 is 0 Å². The van der Waals surface area contributed by atoms with Crippen molar-refractivity contribution in [1.82, 2.24) is 0 Å². The molecule has 2 N–H and O–H groups in total. The third kappa shape index (κ3) is 4.33. The number of nitrogens with two attached hydrogens (primary N) is 1. The van der Waals surface area contributed by atoms with E-state index in [0.29, 0.717) is 11.7 Å². The molecule has 88 valence electrons. The molecular weight excluding hydrogens is 186 g/mol. The van der Waals surface area contributed by atoms with Crippen LogP contribution in [0.25, 0.3) is 0 Å². The van der Waals surface area contributed by atoms with Gasteiger partial charge in [-0.3, -0.25) is 4.79 Å². The number of hydrogen-bond donors (Lipinski definition) is 1. The fourth-order valence-electron chi connectivity index (χ4n) is 2.62. The van der Waals surface area contributed by atoms with E-state index < -0.39 is 0 Å². The van der Waals surface area contributed by atoms with Crippen LogP contribution >= 0.6 is 0 Å². The molecule has 1 rings (SSSR count). The molecule has 2 nitrogen and oxygen atoms in total. The van der Waals surface area contributed by atoms with Gasteiger partial charge in [0.05, 0.1) is 0 Å². The fraction of sp³-hybridized carbons (Fsp3) is 0.923. The first-order chi connectivity index (χ1) is 7.13. The van der Waals surface area contributed by atoms with Gasteiger partial charge in [0, 0.05) is 18.4 Å². The average molecular weight is 211 g/mol. The zero-order chi connectivity index (χ0) is 11.3. The molecule has 1 aliphatic carbocycles. The topological polar surface area (TPSA) is 43.1 Å². The van der Waals surface area contributed by atoms with E-state index in [9.17, 15) is 4.79 Å². The molecule has 0 aliphatic heterocycles. The van der Waals surface area contributed by atoms with E-state index in [-0.39, 0.29) is 12.0 Å². The highest BCUT2D eigenvalue weighted by molar-refractivity contribution is 5.81. The maximum absolute atomic E-state index is 12.0. The summed E-state index contributed by atoms with van der Waals surface area (Å²) in [5, 5.41) is 0. The monoisotopic (exact) mass is 211 g/mol. The number of rotatable bonds is 5. The van der Waals surface area contributed by atoms with Crippen molar-refractivity contribution in [3.05, 3.63) is 0 Å². The lowest BCUT2D eigenvalue weighted by Gasteiger charge is -2.26. The van der Waals surface area contributed by atoms with Gasteiger partial charge in [-0.05, 0) is 25.2 Å². The number of carbonyl (C=O) groups excluding carboxylic acids is 1. The molecule has 3 atom stereocenters. The normalized spacial score (nSPS) is 28.7. The standard InChI is InChI=1S/C13H25NO/c1-3-5-10(2)8-13(15)11-6-4-7-12(14)9-11/h10-12H,3-9,14H2,1-2H3. The largest absolute Gasteiger partial charge is 0.328 e. The number of Topliss-reactive ketones (excluding diaryl/α,β-unsaturated/α-hetero) is 1. The van der Waals surface area contributed by atoms with Gasteiger partial charge in [-0.15, -0.1) is 0 Å². The molecular formula is C13H25NO. The summed E-state index contributed by atoms with van der Waals surface area (Å²) in [6.45, 7) is 4.36. The zero-order valence-electron chi connectivity index (χ0n) is 10.2. The van der Waals surface area contributed by atoms with Crippen LogP contribution in [0.2, 0.25) is 0 Å². The molecule has 1 fully saturated rings. The van der Waals surface area contributed by atoms with E-state index >= 15 is 0 Å². The molecule has 0 aromatic heterocycles. The third-order valence-electron chi connectivity index (χ3n) is 3.50. The van der Waals surface area contributed by atoms with Crippen molar-refractivity contribution in [1.29, 1.82) is 0 Å². The first kappa shape index (κ1) is 12.7. The van der Waals surface area contributed by atoms with Crippen LogP contribution in [0.5, 0.6) is 0 Å². The molecule has 0 heterocycles. The quantitative estimate of drug-likeness (QED) is 0.760. The van der Waals surface area contributed by atoms with Gasteiger partial charge in [-0.1, -0.05) is 33.1 Å². The summed E-state index contributed by atoms with van der Waals surface area (Å²) in [6, 6.07) is 0.272. The maximum atomic E-state index is 12.0. The molecule has 0 amide bonds. The molecule has 15 heavy (non-hydrogen) atoms. The predicted octanol–water partition coefficient (Wildman–Crippen LogP) is 2.90. The lowest BCUT2D eigenvalue weighted by Crippen LogP contribution is -2.32. The van der Waals surface area contributed by atoms with E-state index in [1.54, 1.807) is 0 Å². The summed E-state index contributed by atoms with van der Waals surface area (Å²) in [5.41, 5.74) is 5.90. The van der Waals surface area contributed by atoms with Crippen LogP contribution in [-0.2, 0) is 4.79 Å². The molecule has 0 saturated heterocycles. The summed E-state index contributed by atoms with van der Waals surface area (Å²) in [5.74, 6) is 1.29. The highest BCUT2D eigenvalue weighted by atomic mass is 16.1. The summed E-state index contributed by atoms with van der Waals surface area (Å²) >= 11 is 0. The van der Waals surface area contributed by atoms with Crippen LogP contribution in [-0.4, -0.2) is 11.8 Å². The van der Waals surface area contributed by atoms with Gasteiger partial charge in [0.1, 0.15) is 5.78 Å². The molecule has 0 bridgehead atoms. The Hall–Kier alpha value is -0.370. The van der Waals surface area contributed by atoms with Gasteiger partial charge in [-0.25, -0.2) is 0 Å². The first-order valence-electron chi connectivity index (χ1n) is 6.41. The Balaban J connectivity index is 2.32. The molecule has 1 saturated carbocycles. The van der Waals surface area contributed by atoms with Gasteiger partial charge in [0.25, 0.3) is 0 Å². The summed E-state index contributed by atoms with van der Waals surface area (Å²) in [4.78, 5) is 12.0. The van der Waals surface area contributed by atoms with Gasteiger partial charge in [0.2, 0.25) is 0 Å². The highest BCUT2D eigenvalue weighted by Crippen LogP contribution is 2.26. The van der Waals surface area contributed by atoms with E-state index in [0.717, 1.165) is 32.1 Å². The Morgan fingerprint density at radius 3 is 2.80 bits per heavy atom. The van der Waals surface area contributed by atoms with Crippen molar-refractivity contribution in [3.8, 4) is 0 Å². The third-order valence-corrected chi connectivity index (χ3v) is 3.50. The Morgan fingerprint density at radius 1 is 1.47 bits per heavy atom. The van der Waals surface area contributed by atoms with Crippen molar-refractivity contribution in [3.63, 3.8) is 0 Å². The summed E-state index contributed by atoms with van der Waals surface area (Å²) in [6.07, 6.45) is 7.37. The minimum Gasteiger partial charge on any atom is -0.328 e. The maximum Gasteiger partial charge on any atom is 0.136 e. The summed E-state index contributed by atoms with van der Waals surface area (Å²) in [7, 11) is 0. The molecule has 0 aromatic carbocycles. The van der Waals surface area contributed by atoms with Crippen molar-refractivity contribution in [2.45, 2.75) is 64.8 Å². The Bertz CT molecular complexity index is 203. The molecule has 0 aromatic rings. The van der Waals surface area contributed by atoms with Crippen LogP contribution in [0.3, 0.4) is 0 Å². The van der Waals surface area contributed by atoms with Gasteiger partial charge in [0.15, 0.2) is 0 Å². The average Bonchev–Trinajstić information content (AvgIpc) is 2.18. The van der Waals surface area contributed by atoms with Crippen LogP contribution in [0.1, 0.15) is 58.8 Å². The second-order valence-electron chi connectivity index (χ2n) is 5.19. The molecule has 0 radical (unpaired) electrons. The van der Waals surface area contributed by atoms with Crippen molar-refractivity contribution >= 4 is 5.78 Å². The first-order valence-corrected chi connectivity index (χ1v) is 6.41. The lowest BCUT2D eigenvalue weighted by atomic mass is 9.81. The number of carbonyl (C=O) groups is 1. The van der Waals surface area contributed by atoms with E-state index in [4.69, 9.17) is 5.73 Å². The molecule has 2 heteroatoms. The van der Waals surface area contributed by atoms with Crippen molar-refractivity contribution < 1.29 is 4.79 Å². The van der Waals surface area contributed by atoms with E-state index in [1.807, 2.05) is 0 Å². The summed E-state index contributed by atoms with van der Waals surface area (Å²) < 4.78 is 0. The van der Waals surface area contributed by atoms with Gasteiger partial charge < -0.3 is 5.73 Å². The molecule has 0 spiro atoms. The Kier molecular flexibility index (Phi) is 5.30.